The normalized spacial score (nSPS) is 12.8. The number of fused-ring (bicyclic) bond motifs is 1. The maximum Gasteiger partial charge on any atom is 0.259 e. The first-order chi connectivity index (χ1) is 12.1. The summed E-state index contributed by atoms with van der Waals surface area (Å²) in [5.74, 6) is 0.525. The van der Waals surface area contributed by atoms with Crippen molar-refractivity contribution in [2.24, 2.45) is 0 Å². The molecule has 7 heteroatoms. The third-order valence-electron chi connectivity index (χ3n) is 3.85. The van der Waals surface area contributed by atoms with Crippen molar-refractivity contribution in [2.75, 3.05) is 21.0 Å². The van der Waals surface area contributed by atoms with E-state index in [-0.39, 0.29) is 31.4 Å². The van der Waals surface area contributed by atoms with E-state index in [1.54, 1.807) is 18.2 Å². The van der Waals surface area contributed by atoms with Crippen molar-refractivity contribution in [1.29, 1.82) is 0 Å². The van der Waals surface area contributed by atoms with Gasteiger partial charge in [-0.15, -0.1) is 0 Å². The van der Waals surface area contributed by atoms with E-state index in [1.165, 1.54) is 26.4 Å². The molecule has 0 aromatic heterocycles. The number of nitrogens with one attached hydrogen (secondary N) is 1. The fourth-order valence-electron chi connectivity index (χ4n) is 2.73. The number of ether oxygens (including phenoxy) is 4. The standard InChI is InChI=1S/C18H18FNO5/c1-22-14-4-3-5-15(23-2)16(14)18(21)20-8-11-6-13(19)7-12-9-24-10-25-17(11)12/h3-7H,8-10H2,1-2H3,(H,20,21). The van der Waals surface area contributed by atoms with E-state index in [0.29, 0.717) is 28.4 Å². The minimum absolute atomic E-state index is 0.0971. The highest BCUT2D eigenvalue weighted by Gasteiger charge is 2.20. The van der Waals surface area contributed by atoms with E-state index in [9.17, 15) is 9.18 Å². The maximum absolute atomic E-state index is 13.8. The molecule has 1 heterocycles. The van der Waals surface area contributed by atoms with E-state index >= 15 is 0 Å². The molecule has 1 N–H and O–H groups in total. The van der Waals surface area contributed by atoms with Crippen LogP contribution in [0.1, 0.15) is 21.5 Å². The molecule has 0 fully saturated rings. The first-order valence-electron chi connectivity index (χ1n) is 7.65. The van der Waals surface area contributed by atoms with Crippen LogP contribution in [0.5, 0.6) is 17.2 Å². The van der Waals surface area contributed by atoms with Crippen LogP contribution in [0.25, 0.3) is 0 Å². The van der Waals surface area contributed by atoms with Gasteiger partial charge >= 0.3 is 0 Å². The number of rotatable bonds is 5. The molecule has 6 nitrogen and oxygen atoms in total. The lowest BCUT2D eigenvalue weighted by atomic mass is 10.1. The van der Waals surface area contributed by atoms with Gasteiger partial charge in [-0.2, -0.15) is 0 Å². The smallest absolute Gasteiger partial charge is 0.259 e. The molecule has 1 aliphatic rings. The highest BCUT2D eigenvalue weighted by molar-refractivity contribution is 5.99. The molecule has 0 radical (unpaired) electrons. The first-order valence-corrected chi connectivity index (χ1v) is 7.65. The van der Waals surface area contributed by atoms with E-state index in [2.05, 4.69) is 5.32 Å². The average Bonchev–Trinajstić information content (AvgIpc) is 2.64. The number of methoxy groups -OCH3 is 2. The van der Waals surface area contributed by atoms with Crippen molar-refractivity contribution in [3.8, 4) is 17.2 Å². The Hall–Kier alpha value is -2.80. The van der Waals surface area contributed by atoms with Gasteiger partial charge in [-0.1, -0.05) is 6.07 Å². The topological polar surface area (TPSA) is 66.0 Å². The zero-order valence-electron chi connectivity index (χ0n) is 13.9. The van der Waals surface area contributed by atoms with Gasteiger partial charge in [0.1, 0.15) is 28.6 Å². The molecule has 0 unspecified atom stereocenters. The van der Waals surface area contributed by atoms with E-state index in [1.807, 2.05) is 0 Å². The predicted octanol–water partition coefficient (Wildman–Crippen LogP) is 2.64. The van der Waals surface area contributed by atoms with Crippen LogP contribution in [0, 0.1) is 5.82 Å². The average molecular weight is 347 g/mol. The van der Waals surface area contributed by atoms with Crippen LogP contribution in [-0.4, -0.2) is 26.9 Å². The summed E-state index contributed by atoms with van der Waals surface area (Å²) in [6.45, 7) is 0.467. The summed E-state index contributed by atoms with van der Waals surface area (Å²) >= 11 is 0. The molecule has 0 saturated heterocycles. The van der Waals surface area contributed by atoms with Crippen LogP contribution in [0.2, 0.25) is 0 Å². The minimum Gasteiger partial charge on any atom is -0.496 e. The largest absolute Gasteiger partial charge is 0.496 e. The highest BCUT2D eigenvalue weighted by Crippen LogP contribution is 2.31. The zero-order valence-corrected chi connectivity index (χ0v) is 13.9. The van der Waals surface area contributed by atoms with E-state index < -0.39 is 5.82 Å². The van der Waals surface area contributed by atoms with Gasteiger partial charge in [0.15, 0.2) is 6.79 Å². The molecule has 0 spiro atoms. The number of amides is 1. The summed E-state index contributed by atoms with van der Waals surface area (Å²) in [7, 11) is 2.95. The molecular weight excluding hydrogens is 329 g/mol. The third-order valence-corrected chi connectivity index (χ3v) is 3.85. The van der Waals surface area contributed by atoms with Crippen LogP contribution >= 0.6 is 0 Å². The summed E-state index contributed by atoms with van der Waals surface area (Å²) in [4.78, 5) is 12.6. The summed E-state index contributed by atoms with van der Waals surface area (Å²) in [5.41, 5.74) is 1.44. The van der Waals surface area contributed by atoms with Crippen molar-refractivity contribution >= 4 is 5.91 Å². The highest BCUT2D eigenvalue weighted by atomic mass is 19.1. The molecule has 0 aliphatic carbocycles. The van der Waals surface area contributed by atoms with Crippen LogP contribution in [-0.2, 0) is 17.9 Å². The quantitative estimate of drug-likeness (QED) is 0.901. The van der Waals surface area contributed by atoms with Gasteiger partial charge in [0.05, 0.1) is 20.8 Å². The Morgan fingerprint density at radius 1 is 1.24 bits per heavy atom. The van der Waals surface area contributed by atoms with Gasteiger partial charge < -0.3 is 24.3 Å². The molecule has 0 saturated carbocycles. The Morgan fingerprint density at radius 2 is 1.96 bits per heavy atom. The number of benzene rings is 2. The SMILES string of the molecule is COc1cccc(OC)c1C(=O)NCc1cc(F)cc2c1OCOC2. The Labute approximate surface area is 144 Å². The van der Waals surface area contributed by atoms with Gasteiger partial charge in [0.25, 0.3) is 5.91 Å². The van der Waals surface area contributed by atoms with Gasteiger partial charge in [0.2, 0.25) is 0 Å². The third kappa shape index (κ3) is 3.51. The fraction of sp³-hybridized carbons (Fsp3) is 0.278. The zero-order chi connectivity index (χ0) is 17.8. The molecular formula is C18H18FNO5. The van der Waals surface area contributed by atoms with E-state index in [4.69, 9.17) is 18.9 Å². The van der Waals surface area contributed by atoms with Crippen molar-refractivity contribution in [3.05, 3.63) is 52.8 Å². The Balaban J connectivity index is 1.83. The van der Waals surface area contributed by atoms with Crippen molar-refractivity contribution in [2.45, 2.75) is 13.2 Å². The van der Waals surface area contributed by atoms with Crippen LogP contribution in [0.15, 0.2) is 30.3 Å². The van der Waals surface area contributed by atoms with Crippen LogP contribution in [0.4, 0.5) is 4.39 Å². The summed E-state index contributed by atoms with van der Waals surface area (Å²) in [5, 5.41) is 2.76. The Morgan fingerprint density at radius 3 is 2.64 bits per heavy atom. The van der Waals surface area contributed by atoms with Crippen LogP contribution < -0.4 is 19.5 Å². The molecule has 0 bridgehead atoms. The second kappa shape index (κ2) is 7.40. The molecule has 3 rings (SSSR count). The lowest BCUT2D eigenvalue weighted by Gasteiger charge is -2.21. The lowest BCUT2D eigenvalue weighted by Crippen LogP contribution is -2.25. The van der Waals surface area contributed by atoms with Crippen molar-refractivity contribution in [1.82, 2.24) is 5.32 Å². The van der Waals surface area contributed by atoms with Crippen molar-refractivity contribution < 1.29 is 28.1 Å². The number of carbonyl (C=O) groups is 1. The molecule has 0 atom stereocenters. The van der Waals surface area contributed by atoms with Crippen molar-refractivity contribution in [3.63, 3.8) is 0 Å². The predicted molar refractivity (Wildman–Crippen MR) is 87.4 cm³/mol. The molecule has 132 valence electrons. The summed E-state index contributed by atoms with van der Waals surface area (Å²) < 4.78 is 34.8. The Bertz CT molecular complexity index is 771. The maximum atomic E-state index is 13.8. The molecule has 1 aliphatic heterocycles. The molecule has 2 aromatic rings. The minimum atomic E-state index is -0.410. The second-order valence-corrected chi connectivity index (χ2v) is 5.38. The number of hydrogen-bond donors (Lipinski definition) is 1. The molecule has 25 heavy (non-hydrogen) atoms. The van der Waals surface area contributed by atoms with Crippen LogP contribution in [0.3, 0.4) is 0 Å². The van der Waals surface area contributed by atoms with Gasteiger partial charge in [0, 0.05) is 17.7 Å². The monoisotopic (exact) mass is 347 g/mol. The molecule has 2 aromatic carbocycles. The molecule has 1 amide bonds. The van der Waals surface area contributed by atoms with E-state index in [0.717, 1.165) is 0 Å². The number of carbonyl (C=O) groups excluding carboxylic acids is 1. The summed E-state index contributed by atoms with van der Waals surface area (Å²) in [6, 6.07) is 7.77. The lowest BCUT2D eigenvalue weighted by molar-refractivity contribution is -0.0173. The van der Waals surface area contributed by atoms with Gasteiger partial charge in [-0.05, 0) is 24.3 Å². The summed E-state index contributed by atoms with van der Waals surface area (Å²) in [6.07, 6.45) is 0. The van der Waals surface area contributed by atoms with Gasteiger partial charge in [-0.3, -0.25) is 4.79 Å². The first kappa shape index (κ1) is 17.0. The second-order valence-electron chi connectivity index (χ2n) is 5.38. The Kier molecular flexibility index (Phi) is 5.04. The number of halogens is 1. The van der Waals surface area contributed by atoms with Gasteiger partial charge in [-0.25, -0.2) is 4.39 Å². The fourth-order valence-corrected chi connectivity index (χ4v) is 2.73. The number of hydrogen-bond acceptors (Lipinski definition) is 5.